The molecule has 2 unspecified atom stereocenters. The highest BCUT2D eigenvalue weighted by Gasteiger charge is 2.29. The topological polar surface area (TPSA) is 34.4 Å². The second-order valence-electron chi connectivity index (χ2n) is 5.29. The quantitative estimate of drug-likeness (QED) is 0.903. The molecule has 1 aromatic carbocycles. The van der Waals surface area contributed by atoms with E-state index in [-0.39, 0.29) is 18.0 Å². The third kappa shape index (κ3) is 2.58. The molecule has 20 heavy (non-hydrogen) atoms. The van der Waals surface area contributed by atoms with Gasteiger partial charge in [-0.1, -0.05) is 19.1 Å². The van der Waals surface area contributed by atoms with Gasteiger partial charge in [0.1, 0.15) is 5.76 Å². The fraction of sp³-hybridized carbons (Fsp3) is 0.500. The first-order valence-corrected chi connectivity index (χ1v) is 7.32. The Morgan fingerprint density at radius 1 is 1.45 bits per heavy atom. The normalized spacial score (nSPS) is 20.6. The molecule has 0 aliphatic carbocycles. The maximum Gasteiger partial charge on any atom is 0.169 e. The van der Waals surface area contributed by atoms with E-state index in [1.54, 1.807) is 6.07 Å². The Bertz CT molecular complexity index is 575. The van der Waals surface area contributed by atoms with Crippen LogP contribution in [0, 0.1) is 5.82 Å². The molecule has 0 amide bonds. The maximum atomic E-state index is 13.7. The van der Waals surface area contributed by atoms with Gasteiger partial charge in [0.25, 0.3) is 0 Å². The first-order valence-electron chi connectivity index (χ1n) is 7.32. The molecule has 0 radical (unpaired) electrons. The smallest absolute Gasteiger partial charge is 0.169 e. The highest BCUT2D eigenvalue weighted by molar-refractivity contribution is 5.78. The number of hydrogen-bond donors (Lipinski definition) is 1. The van der Waals surface area contributed by atoms with Gasteiger partial charge in [0.15, 0.2) is 11.4 Å². The average molecular weight is 277 g/mol. The molecule has 1 N–H and O–H groups in total. The van der Waals surface area contributed by atoms with Gasteiger partial charge in [-0.2, -0.15) is 0 Å². The van der Waals surface area contributed by atoms with Crippen molar-refractivity contribution < 1.29 is 13.5 Å². The van der Waals surface area contributed by atoms with Crippen molar-refractivity contribution in [3.05, 3.63) is 35.8 Å². The lowest BCUT2D eigenvalue weighted by Crippen LogP contribution is -2.31. The second kappa shape index (κ2) is 5.94. The third-order valence-electron chi connectivity index (χ3n) is 3.77. The van der Waals surface area contributed by atoms with Crippen molar-refractivity contribution in [2.24, 2.45) is 0 Å². The highest BCUT2D eigenvalue weighted by Crippen LogP contribution is 2.31. The Morgan fingerprint density at radius 3 is 3.05 bits per heavy atom. The number of halogens is 1. The summed E-state index contributed by atoms with van der Waals surface area (Å²) in [6.07, 6.45) is 3.24. The first kappa shape index (κ1) is 13.6. The summed E-state index contributed by atoms with van der Waals surface area (Å²) in [6.45, 7) is 3.81. The molecule has 2 aromatic rings. The zero-order valence-electron chi connectivity index (χ0n) is 11.7. The van der Waals surface area contributed by atoms with Gasteiger partial charge >= 0.3 is 0 Å². The Hall–Kier alpha value is -1.39. The lowest BCUT2D eigenvalue weighted by molar-refractivity contribution is 0.0717. The van der Waals surface area contributed by atoms with Crippen molar-refractivity contribution >= 4 is 11.0 Å². The van der Waals surface area contributed by atoms with E-state index in [1.165, 1.54) is 6.07 Å². The summed E-state index contributed by atoms with van der Waals surface area (Å²) in [5, 5.41) is 4.27. The molecule has 3 rings (SSSR count). The zero-order chi connectivity index (χ0) is 13.9. The Kier molecular flexibility index (Phi) is 4.03. The predicted molar refractivity (Wildman–Crippen MR) is 76.2 cm³/mol. The van der Waals surface area contributed by atoms with Gasteiger partial charge in [0, 0.05) is 12.0 Å². The molecule has 1 aliphatic heterocycles. The number of benzene rings is 1. The van der Waals surface area contributed by atoms with E-state index in [1.807, 2.05) is 12.1 Å². The standard InChI is InChI=1S/C16H20FNO2/c1-2-8-18-15(13-7-4-9-19-13)14-10-11-5-3-6-12(17)16(11)20-14/h3,5-6,10,13,15,18H,2,4,7-9H2,1H3. The van der Waals surface area contributed by atoms with Gasteiger partial charge < -0.3 is 14.5 Å². The fourth-order valence-corrected chi connectivity index (χ4v) is 2.78. The highest BCUT2D eigenvalue weighted by atomic mass is 19.1. The van der Waals surface area contributed by atoms with Crippen LogP contribution in [0.25, 0.3) is 11.0 Å². The first-order chi connectivity index (χ1) is 9.79. The molecule has 0 spiro atoms. The van der Waals surface area contributed by atoms with Crippen molar-refractivity contribution in [3.63, 3.8) is 0 Å². The largest absolute Gasteiger partial charge is 0.456 e. The van der Waals surface area contributed by atoms with Crippen LogP contribution in [0.5, 0.6) is 0 Å². The number of hydrogen-bond acceptors (Lipinski definition) is 3. The van der Waals surface area contributed by atoms with Crippen LogP contribution in [0.2, 0.25) is 0 Å². The van der Waals surface area contributed by atoms with E-state index >= 15 is 0 Å². The minimum Gasteiger partial charge on any atom is -0.456 e. The van der Waals surface area contributed by atoms with Gasteiger partial charge in [-0.25, -0.2) is 4.39 Å². The third-order valence-corrected chi connectivity index (χ3v) is 3.77. The van der Waals surface area contributed by atoms with Crippen LogP contribution in [-0.4, -0.2) is 19.3 Å². The van der Waals surface area contributed by atoms with Crippen molar-refractivity contribution in [3.8, 4) is 0 Å². The Morgan fingerprint density at radius 2 is 2.35 bits per heavy atom. The molecule has 2 heterocycles. The van der Waals surface area contributed by atoms with E-state index in [0.29, 0.717) is 5.58 Å². The van der Waals surface area contributed by atoms with Crippen molar-refractivity contribution in [1.29, 1.82) is 0 Å². The number of fused-ring (bicyclic) bond motifs is 1. The average Bonchev–Trinajstić information content (AvgIpc) is 3.09. The van der Waals surface area contributed by atoms with E-state index in [9.17, 15) is 4.39 Å². The number of para-hydroxylation sites is 1. The molecule has 2 atom stereocenters. The minimum atomic E-state index is -0.310. The molecular weight excluding hydrogens is 257 g/mol. The zero-order valence-corrected chi connectivity index (χ0v) is 11.7. The van der Waals surface area contributed by atoms with Crippen LogP contribution < -0.4 is 5.32 Å². The van der Waals surface area contributed by atoms with Gasteiger partial charge in [0.2, 0.25) is 0 Å². The van der Waals surface area contributed by atoms with E-state index < -0.39 is 0 Å². The van der Waals surface area contributed by atoms with Gasteiger partial charge in [-0.15, -0.1) is 0 Å². The molecule has 0 saturated carbocycles. The number of furan rings is 1. The van der Waals surface area contributed by atoms with E-state index in [2.05, 4.69) is 12.2 Å². The van der Waals surface area contributed by atoms with Crippen LogP contribution in [0.4, 0.5) is 4.39 Å². The van der Waals surface area contributed by atoms with E-state index in [4.69, 9.17) is 9.15 Å². The molecule has 0 bridgehead atoms. The molecular formula is C16H20FNO2. The molecule has 1 saturated heterocycles. The number of rotatable bonds is 5. The second-order valence-corrected chi connectivity index (χ2v) is 5.29. The molecule has 108 valence electrons. The predicted octanol–water partition coefficient (Wildman–Crippen LogP) is 3.79. The van der Waals surface area contributed by atoms with Crippen molar-refractivity contribution in [2.75, 3.05) is 13.2 Å². The van der Waals surface area contributed by atoms with Crippen LogP contribution in [0.1, 0.15) is 38.0 Å². The van der Waals surface area contributed by atoms with E-state index in [0.717, 1.165) is 43.6 Å². The molecule has 4 heteroatoms. The summed E-state index contributed by atoms with van der Waals surface area (Å²) in [5.74, 6) is 0.459. The minimum absolute atomic E-state index is 0.00394. The van der Waals surface area contributed by atoms with Crippen LogP contribution >= 0.6 is 0 Å². The summed E-state index contributed by atoms with van der Waals surface area (Å²) in [5.41, 5.74) is 0.337. The summed E-state index contributed by atoms with van der Waals surface area (Å²) in [7, 11) is 0. The Balaban J connectivity index is 1.93. The summed E-state index contributed by atoms with van der Waals surface area (Å²) in [4.78, 5) is 0. The summed E-state index contributed by atoms with van der Waals surface area (Å²) >= 11 is 0. The molecule has 1 aliphatic rings. The number of ether oxygens (including phenoxy) is 1. The summed E-state index contributed by atoms with van der Waals surface area (Å²) < 4.78 is 25.3. The Labute approximate surface area is 118 Å². The molecule has 1 aromatic heterocycles. The van der Waals surface area contributed by atoms with Crippen LogP contribution in [0.3, 0.4) is 0 Å². The van der Waals surface area contributed by atoms with Crippen molar-refractivity contribution in [1.82, 2.24) is 5.32 Å². The molecule has 1 fully saturated rings. The lowest BCUT2D eigenvalue weighted by atomic mass is 10.0. The molecule has 3 nitrogen and oxygen atoms in total. The van der Waals surface area contributed by atoms with Gasteiger partial charge in [-0.3, -0.25) is 0 Å². The number of nitrogens with one attached hydrogen (secondary N) is 1. The maximum absolute atomic E-state index is 13.7. The van der Waals surface area contributed by atoms with Gasteiger partial charge in [0.05, 0.1) is 12.1 Å². The fourth-order valence-electron chi connectivity index (χ4n) is 2.78. The lowest BCUT2D eigenvalue weighted by Gasteiger charge is -2.22. The SMILES string of the molecule is CCCNC(c1cc2cccc(F)c2o1)C1CCCO1. The monoisotopic (exact) mass is 277 g/mol. The van der Waals surface area contributed by atoms with Crippen molar-refractivity contribution in [2.45, 2.75) is 38.3 Å². The van der Waals surface area contributed by atoms with Crippen LogP contribution in [-0.2, 0) is 4.74 Å². The van der Waals surface area contributed by atoms with Crippen LogP contribution in [0.15, 0.2) is 28.7 Å². The summed E-state index contributed by atoms with van der Waals surface area (Å²) in [6, 6.07) is 6.93. The van der Waals surface area contributed by atoms with Gasteiger partial charge in [-0.05, 0) is 37.9 Å².